The Morgan fingerprint density at radius 3 is 2.74 bits per heavy atom. The van der Waals surface area contributed by atoms with E-state index in [2.05, 4.69) is 4.72 Å². The van der Waals surface area contributed by atoms with Gasteiger partial charge in [-0.05, 0) is 24.0 Å². The van der Waals surface area contributed by atoms with E-state index < -0.39 is 10.0 Å². The highest BCUT2D eigenvalue weighted by molar-refractivity contribution is 7.99. The summed E-state index contributed by atoms with van der Waals surface area (Å²) in [4.78, 5) is 0.915. The molecule has 7 heteroatoms. The van der Waals surface area contributed by atoms with Crippen molar-refractivity contribution in [1.29, 1.82) is 0 Å². The second-order valence-electron chi connectivity index (χ2n) is 3.73. The highest BCUT2D eigenvalue weighted by Gasteiger charge is 2.17. The quantitative estimate of drug-likeness (QED) is 0.831. The summed E-state index contributed by atoms with van der Waals surface area (Å²) in [5, 5.41) is 1.61. The van der Waals surface area contributed by atoms with Crippen molar-refractivity contribution in [3.05, 3.63) is 35.7 Å². The van der Waals surface area contributed by atoms with Crippen LogP contribution in [0.1, 0.15) is 6.92 Å². The molecule has 0 saturated heterocycles. The zero-order chi connectivity index (χ0) is 13.9. The van der Waals surface area contributed by atoms with Gasteiger partial charge in [0.15, 0.2) is 0 Å². The summed E-state index contributed by atoms with van der Waals surface area (Å²) in [6.07, 6.45) is 0. The minimum absolute atomic E-state index is 0.223. The van der Waals surface area contributed by atoms with Gasteiger partial charge in [-0.15, -0.1) is 23.1 Å². The first-order valence-corrected chi connectivity index (χ1v) is 8.96. The summed E-state index contributed by atoms with van der Waals surface area (Å²) in [5.41, 5.74) is 6.62. The van der Waals surface area contributed by atoms with E-state index in [9.17, 15) is 8.42 Å². The Balaban J connectivity index is 2.30. The van der Waals surface area contributed by atoms with Crippen molar-refractivity contribution in [1.82, 2.24) is 0 Å². The zero-order valence-electron chi connectivity index (χ0n) is 10.3. The lowest BCUT2D eigenvalue weighted by atomic mass is 10.3. The van der Waals surface area contributed by atoms with Gasteiger partial charge in [0.25, 0.3) is 10.0 Å². The van der Waals surface area contributed by atoms with Crippen LogP contribution >= 0.6 is 23.1 Å². The number of benzene rings is 1. The first kappa shape index (κ1) is 14.2. The molecule has 2 aromatic rings. The van der Waals surface area contributed by atoms with Crippen LogP contribution in [0.4, 0.5) is 11.4 Å². The molecule has 0 unspecified atom stereocenters. The summed E-state index contributed by atoms with van der Waals surface area (Å²) in [7, 11) is -3.56. The van der Waals surface area contributed by atoms with Crippen molar-refractivity contribution in [3.63, 3.8) is 0 Å². The molecule has 0 aliphatic heterocycles. The van der Waals surface area contributed by atoms with Gasteiger partial charge in [0, 0.05) is 16.0 Å². The molecule has 0 aliphatic rings. The highest BCUT2D eigenvalue weighted by atomic mass is 32.2. The lowest BCUT2D eigenvalue weighted by Crippen LogP contribution is -2.12. The van der Waals surface area contributed by atoms with Crippen LogP contribution in [-0.2, 0) is 10.0 Å². The number of rotatable bonds is 5. The second kappa shape index (κ2) is 5.85. The molecular weight excluding hydrogens is 300 g/mol. The van der Waals surface area contributed by atoms with Gasteiger partial charge >= 0.3 is 0 Å². The SMILES string of the molecule is CCSc1ccccc1NS(=O)(=O)c1cc(N)cs1. The summed E-state index contributed by atoms with van der Waals surface area (Å²) in [6.45, 7) is 2.02. The molecule has 0 fully saturated rings. The Labute approximate surface area is 121 Å². The van der Waals surface area contributed by atoms with Gasteiger partial charge in [-0.1, -0.05) is 19.1 Å². The summed E-state index contributed by atoms with van der Waals surface area (Å²) in [6, 6.07) is 8.81. The predicted molar refractivity (Wildman–Crippen MR) is 82.4 cm³/mol. The van der Waals surface area contributed by atoms with E-state index in [-0.39, 0.29) is 4.21 Å². The Morgan fingerprint density at radius 2 is 2.11 bits per heavy atom. The number of hydrogen-bond acceptors (Lipinski definition) is 5. The van der Waals surface area contributed by atoms with Crippen LogP contribution in [0.3, 0.4) is 0 Å². The smallest absolute Gasteiger partial charge is 0.271 e. The van der Waals surface area contributed by atoms with Crippen LogP contribution in [-0.4, -0.2) is 14.2 Å². The fraction of sp³-hybridized carbons (Fsp3) is 0.167. The topological polar surface area (TPSA) is 72.2 Å². The zero-order valence-corrected chi connectivity index (χ0v) is 12.7. The third kappa shape index (κ3) is 3.43. The Kier molecular flexibility index (Phi) is 4.38. The fourth-order valence-corrected chi connectivity index (χ4v) is 4.48. The molecule has 1 aromatic heterocycles. The van der Waals surface area contributed by atoms with Crippen LogP contribution in [0.25, 0.3) is 0 Å². The van der Waals surface area contributed by atoms with E-state index >= 15 is 0 Å². The number of hydrogen-bond donors (Lipinski definition) is 2. The Hall–Kier alpha value is -1.18. The molecule has 1 aromatic carbocycles. The molecule has 0 spiro atoms. The predicted octanol–water partition coefficient (Wildman–Crippen LogP) is 3.24. The van der Waals surface area contributed by atoms with Crippen molar-refractivity contribution in [2.75, 3.05) is 16.2 Å². The maximum atomic E-state index is 12.2. The van der Waals surface area contributed by atoms with Crippen molar-refractivity contribution in [3.8, 4) is 0 Å². The van der Waals surface area contributed by atoms with Gasteiger partial charge < -0.3 is 5.73 Å². The van der Waals surface area contributed by atoms with Crippen LogP contribution in [0, 0.1) is 0 Å². The third-order valence-electron chi connectivity index (χ3n) is 2.29. The minimum Gasteiger partial charge on any atom is -0.398 e. The molecule has 102 valence electrons. The van der Waals surface area contributed by atoms with Gasteiger partial charge in [0.1, 0.15) is 4.21 Å². The maximum absolute atomic E-state index is 12.2. The average molecular weight is 314 g/mol. The second-order valence-corrected chi connectivity index (χ2v) is 7.86. The van der Waals surface area contributed by atoms with E-state index in [0.717, 1.165) is 22.0 Å². The number of para-hydroxylation sites is 1. The molecule has 3 N–H and O–H groups in total. The van der Waals surface area contributed by atoms with Gasteiger partial charge in [0.2, 0.25) is 0 Å². The van der Waals surface area contributed by atoms with Crippen LogP contribution in [0.2, 0.25) is 0 Å². The lowest BCUT2D eigenvalue weighted by molar-refractivity contribution is 0.603. The Bertz CT molecular complexity index is 665. The van der Waals surface area contributed by atoms with Gasteiger partial charge in [-0.2, -0.15) is 0 Å². The molecule has 0 atom stereocenters. The number of thioether (sulfide) groups is 1. The molecule has 4 nitrogen and oxygen atoms in total. The summed E-state index contributed by atoms with van der Waals surface area (Å²) < 4.78 is 27.2. The lowest BCUT2D eigenvalue weighted by Gasteiger charge is -2.10. The molecule has 1 heterocycles. The molecule has 0 amide bonds. The number of thiophene rings is 1. The van der Waals surface area contributed by atoms with E-state index in [0.29, 0.717) is 11.4 Å². The fourth-order valence-electron chi connectivity index (χ4n) is 1.50. The van der Waals surface area contributed by atoms with Crippen LogP contribution < -0.4 is 10.5 Å². The van der Waals surface area contributed by atoms with Crippen molar-refractivity contribution >= 4 is 44.5 Å². The average Bonchev–Trinajstić information content (AvgIpc) is 2.79. The minimum atomic E-state index is -3.56. The number of nitrogens with two attached hydrogens (primary N) is 1. The molecule has 0 saturated carbocycles. The van der Waals surface area contributed by atoms with E-state index in [4.69, 9.17) is 5.73 Å². The third-order valence-corrected chi connectivity index (χ3v) is 6.07. The van der Waals surface area contributed by atoms with E-state index in [1.165, 1.54) is 6.07 Å². The van der Waals surface area contributed by atoms with E-state index in [1.807, 2.05) is 19.1 Å². The summed E-state index contributed by atoms with van der Waals surface area (Å²) in [5.74, 6) is 0.880. The van der Waals surface area contributed by atoms with Crippen LogP contribution in [0.15, 0.2) is 44.8 Å². The first-order valence-electron chi connectivity index (χ1n) is 5.61. The van der Waals surface area contributed by atoms with Crippen molar-refractivity contribution in [2.24, 2.45) is 0 Å². The largest absolute Gasteiger partial charge is 0.398 e. The summed E-state index contributed by atoms with van der Waals surface area (Å²) >= 11 is 2.71. The number of anilines is 2. The van der Waals surface area contributed by atoms with Crippen LogP contribution in [0.5, 0.6) is 0 Å². The molecular formula is C12H14N2O2S3. The monoisotopic (exact) mass is 314 g/mol. The molecule has 0 aliphatic carbocycles. The maximum Gasteiger partial charge on any atom is 0.271 e. The van der Waals surface area contributed by atoms with Gasteiger partial charge in [0.05, 0.1) is 5.69 Å². The highest BCUT2D eigenvalue weighted by Crippen LogP contribution is 2.30. The Morgan fingerprint density at radius 1 is 1.37 bits per heavy atom. The normalized spacial score (nSPS) is 11.4. The number of nitrogens with one attached hydrogen (secondary N) is 1. The molecule has 19 heavy (non-hydrogen) atoms. The molecule has 0 bridgehead atoms. The molecule has 0 radical (unpaired) electrons. The first-order chi connectivity index (χ1) is 9.03. The van der Waals surface area contributed by atoms with Crippen molar-refractivity contribution in [2.45, 2.75) is 16.0 Å². The van der Waals surface area contributed by atoms with Gasteiger partial charge in [-0.3, -0.25) is 4.72 Å². The number of nitrogen functional groups attached to an aromatic ring is 1. The standard InChI is InChI=1S/C12H14N2O2S3/c1-2-17-11-6-4-3-5-10(11)14-19(15,16)12-7-9(13)8-18-12/h3-8,14H,2,13H2,1H3. The molecule has 2 rings (SSSR count). The number of sulfonamides is 1. The van der Waals surface area contributed by atoms with Crippen molar-refractivity contribution < 1.29 is 8.42 Å². The van der Waals surface area contributed by atoms with Gasteiger partial charge in [-0.25, -0.2) is 8.42 Å². The van der Waals surface area contributed by atoms with E-state index in [1.54, 1.807) is 29.3 Å².